The largest absolute Gasteiger partial charge is 0.385 e. The van der Waals surface area contributed by atoms with Gasteiger partial charge in [-0.25, -0.2) is 8.78 Å². The van der Waals surface area contributed by atoms with Crippen LogP contribution in [0.3, 0.4) is 0 Å². The van der Waals surface area contributed by atoms with E-state index in [0.717, 1.165) is 0 Å². The van der Waals surface area contributed by atoms with Gasteiger partial charge in [0.1, 0.15) is 11.6 Å². The molecule has 0 aromatic heterocycles. The molecule has 0 amide bonds. The Kier molecular flexibility index (Phi) is 4.02. The van der Waals surface area contributed by atoms with Crippen LogP contribution in [0.15, 0.2) is 46.9 Å². The molecule has 1 unspecified atom stereocenters. The highest BCUT2D eigenvalue weighted by molar-refractivity contribution is 9.10. The van der Waals surface area contributed by atoms with Crippen molar-refractivity contribution in [2.75, 3.05) is 0 Å². The van der Waals surface area contributed by atoms with Crippen LogP contribution in [-0.2, 0) is 12.0 Å². The van der Waals surface area contributed by atoms with Gasteiger partial charge in [0.05, 0.1) is 10.1 Å². The van der Waals surface area contributed by atoms with Crippen LogP contribution in [0, 0.1) is 11.6 Å². The van der Waals surface area contributed by atoms with Crippen molar-refractivity contribution < 1.29 is 13.9 Å². The summed E-state index contributed by atoms with van der Waals surface area (Å²) in [6.07, 6.45) is 0.137. The molecule has 0 radical (unpaired) electrons. The van der Waals surface area contributed by atoms with E-state index >= 15 is 0 Å². The molecule has 0 saturated heterocycles. The normalized spacial score (nSPS) is 14.2. The van der Waals surface area contributed by atoms with Gasteiger partial charge in [0.25, 0.3) is 0 Å². The average Bonchev–Trinajstić information content (AvgIpc) is 2.32. The lowest BCUT2D eigenvalue weighted by atomic mass is 9.89. The third kappa shape index (κ3) is 3.19. The maximum absolute atomic E-state index is 14.0. The quantitative estimate of drug-likeness (QED) is 0.897. The van der Waals surface area contributed by atoms with E-state index in [0.29, 0.717) is 10.0 Å². The number of rotatable bonds is 3. The van der Waals surface area contributed by atoms with Crippen molar-refractivity contribution in [3.8, 4) is 0 Å². The van der Waals surface area contributed by atoms with E-state index in [1.54, 1.807) is 24.3 Å². The van der Waals surface area contributed by atoms with E-state index in [4.69, 9.17) is 0 Å². The van der Waals surface area contributed by atoms with E-state index in [-0.39, 0.29) is 17.8 Å². The first kappa shape index (κ1) is 14.2. The monoisotopic (exact) mass is 326 g/mol. The second-order valence-electron chi connectivity index (χ2n) is 4.68. The molecule has 2 aromatic rings. The highest BCUT2D eigenvalue weighted by Gasteiger charge is 2.27. The van der Waals surface area contributed by atoms with Crippen molar-refractivity contribution in [1.82, 2.24) is 0 Å². The van der Waals surface area contributed by atoms with E-state index in [1.807, 2.05) is 0 Å². The Bertz CT molecular complexity index is 596. The van der Waals surface area contributed by atoms with Crippen LogP contribution < -0.4 is 0 Å². The predicted octanol–water partition coefficient (Wildman–Crippen LogP) is 4.18. The number of halogens is 3. The molecule has 0 aliphatic heterocycles. The van der Waals surface area contributed by atoms with Gasteiger partial charge in [-0.2, -0.15) is 0 Å². The molecule has 0 spiro atoms. The summed E-state index contributed by atoms with van der Waals surface area (Å²) in [7, 11) is 0. The lowest BCUT2D eigenvalue weighted by Gasteiger charge is -2.25. The fraction of sp³-hybridized carbons (Fsp3) is 0.200. The molecule has 0 fully saturated rings. The molecule has 0 heterocycles. The van der Waals surface area contributed by atoms with Crippen LogP contribution in [0.4, 0.5) is 8.78 Å². The van der Waals surface area contributed by atoms with Crippen molar-refractivity contribution >= 4 is 15.9 Å². The third-order valence-electron chi connectivity index (χ3n) is 2.97. The first-order chi connectivity index (χ1) is 8.90. The van der Waals surface area contributed by atoms with Gasteiger partial charge >= 0.3 is 0 Å². The molecule has 0 aliphatic rings. The molecule has 2 aromatic carbocycles. The summed E-state index contributed by atoms with van der Waals surface area (Å²) >= 11 is 3.09. The molecule has 1 atom stereocenters. The number of hydrogen-bond acceptors (Lipinski definition) is 1. The fourth-order valence-electron chi connectivity index (χ4n) is 2.06. The van der Waals surface area contributed by atoms with Crippen molar-refractivity contribution in [1.29, 1.82) is 0 Å². The van der Waals surface area contributed by atoms with Crippen LogP contribution in [-0.4, -0.2) is 5.11 Å². The summed E-state index contributed by atoms with van der Waals surface area (Å²) in [4.78, 5) is 0. The van der Waals surface area contributed by atoms with Gasteiger partial charge in [-0.1, -0.05) is 24.3 Å². The highest BCUT2D eigenvalue weighted by Crippen LogP contribution is 2.30. The van der Waals surface area contributed by atoms with Gasteiger partial charge < -0.3 is 5.11 Å². The van der Waals surface area contributed by atoms with Gasteiger partial charge in [-0.05, 0) is 46.6 Å². The molecule has 1 N–H and O–H groups in total. The number of benzene rings is 2. The Morgan fingerprint density at radius 3 is 2.53 bits per heavy atom. The van der Waals surface area contributed by atoms with Gasteiger partial charge in [0.2, 0.25) is 0 Å². The van der Waals surface area contributed by atoms with E-state index < -0.39 is 11.4 Å². The molecular formula is C15H13BrF2O. The highest BCUT2D eigenvalue weighted by atomic mass is 79.9. The Hall–Kier alpha value is -1.26. The van der Waals surface area contributed by atoms with Gasteiger partial charge in [-0.15, -0.1) is 0 Å². The Labute approximate surface area is 119 Å². The van der Waals surface area contributed by atoms with Crippen LogP contribution >= 0.6 is 15.9 Å². The fourth-order valence-corrected chi connectivity index (χ4v) is 2.43. The Morgan fingerprint density at radius 1 is 1.16 bits per heavy atom. The predicted molar refractivity (Wildman–Crippen MR) is 73.8 cm³/mol. The lowest BCUT2D eigenvalue weighted by molar-refractivity contribution is 0.0536. The smallest absolute Gasteiger partial charge is 0.143 e. The van der Waals surface area contributed by atoms with Crippen LogP contribution in [0.2, 0.25) is 0 Å². The van der Waals surface area contributed by atoms with E-state index in [2.05, 4.69) is 15.9 Å². The molecule has 2 rings (SSSR count). The van der Waals surface area contributed by atoms with Crippen molar-refractivity contribution in [2.24, 2.45) is 0 Å². The SMILES string of the molecule is CC(O)(Cc1cccc(F)c1)c1cccc(Br)c1F. The van der Waals surface area contributed by atoms with Gasteiger partial charge in [0.15, 0.2) is 0 Å². The third-order valence-corrected chi connectivity index (χ3v) is 3.58. The summed E-state index contributed by atoms with van der Waals surface area (Å²) in [5.74, 6) is -0.869. The molecule has 0 saturated carbocycles. The Morgan fingerprint density at radius 2 is 1.84 bits per heavy atom. The summed E-state index contributed by atoms with van der Waals surface area (Å²) in [6.45, 7) is 1.52. The molecule has 4 heteroatoms. The summed E-state index contributed by atoms with van der Waals surface area (Å²) in [5.41, 5.74) is -0.600. The molecular weight excluding hydrogens is 314 g/mol. The zero-order valence-electron chi connectivity index (χ0n) is 10.3. The second-order valence-corrected chi connectivity index (χ2v) is 5.54. The van der Waals surface area contributed by atoms with Crippen LogP contribution in [0.5, 0.6) is 0 Å². The van der Waals surface area contributed by atoms with Crippen LogP contribution in [0.25, 0.3) is 0 Å². The lowest BCUT2D eigenvalue weighted by Crippen LogP contribution is -2.26. The average molecular weight is 327 g/mol. The van der Waals surface area contributed by atoms with Gasteiger partial charge in [-0.3, -0.25) is 0 Å². The Balaban J connectivity index is 2.34. The van der Waals surface area contributed by atoms with Crippen LogP contribution in [0.1, 0.15) is 18.1 Å². The minimum absolute atomic E-state index is 0.137. The minimum Gasteiger partial charge on any atom is -0.385 e. The van der Waals surface area contributed by atoms with Crippen molar-refractivity contribution in [3.63, 3.8) is 0 Å². The standard InChI is InChI=1S/C15H13BrF2O/c1-15(19,9-10-4-2-5-11(17)8-10)12-6-3-7-13(16)14(12)18/h2-8,19H,9H2,1H3. The summed E-state index contributed by atoms with van der Waals surface area (Å²) in [5, 5.41) is 10.5. The summed E-state index contributed by atoms with van der Waals surface area (Å²) in [6, 6.07) is 10.7. The minimum atomic E-state index is -1.40. The maximum Gasteiger partial charge on any atom is 0.143 e. The maximum atomic E-state index is 14.0. The molecule has 19 heavy (non-hydrogen) atoms. The summed E-state index contributed by atoms with van der Waals surface area (Å²) < 4.78 is 27.4. The molecule has 100 valence electrons. The topological polar surface area (TPSA) is 20.2 Å². The second kappa shape index (κ2) is 5.39. The zero-order valence-corrected chi connectivity index (χ0v) is 11.9. The first-order valence-corrected chi connectivity index (χ1v) is 6.61. The number of hydrogen-bond donors (Lipinski definition) is 1. The molecule has 1 nitrogen and oxygen atoms in total. The first-order valence-electron chi connectivity index (χ1n) is 5.81. The number of aliphatic hydroxyl groups is 1. The van der Waals surface area contributed by atoms with E-state index in [1.165, 1.54) is 25.1 Å². The molecule has 0 bridgehead atoms. The van der Waals surface area contributed by atoms with Crippen molar-refractivity contribution in [2.45, 2.75) is 18.9 Å². The van der Waals surface area contributed by atoms with Gasteiger partial charge in [0, 0.05) is 12.0 Å². The van der Waals surface area contributed by atoms with Crippen molar-refractivity contribution in [3.05, 3.63) is 69.7 Å². The zero-order chi connectivity index (χ0) is 14.0. The molecule has 0 aliphatic carbocycles. The van der Waals surface area contributed by atoms with E-state index in [9.17, 15) is 13.9 Å².